The highest BCUT2D eigenvalue weighted by Gasteiger charge is 2.34. The zero-order valence-electron chi connectivity index (χ0n) is 18.1. The lowest BCUT2D eigenvalue weighted by molar-refractivity contribution is -0.00928. The maximum atomic E-state index is 13.6. The molecule has 1 unspecified atom stereocenters. The van der Waals surface area contributed by atoms with E-state index in [2.05, 4.69) is 41.5 Å². The largest absolute Gasteiger partial charge is 0.378 e. The third-order valence-electron chi connectivity index (χ3n) is 6.97. The Bertz CT molecular complexity index is 1080. The molecular formula is C25H30FN3O. The molecule has 3 aromatic rings. The van der Waals surface area contributed by atoms with E-state index >= 15 is 0 Å². The number of halogens is 1. The van der Waals surface area contributed by atoms with E-state index in [0.717, 1.165) is 50.2 Å². The van der Waals surface area contributed by atoms with Gasteiger partial charge in [0.05, 0.1) is 23.2 Å². The van der Waals surface area contributed by atoms with Crippen LogP contribution in [-0.2, 0) is 17.6 Å². The maximum absolute atomic E-state index is 13.6. The van der Waals surface area contributed by atoms with Gasteiger partial charge >= 0.3 is 0 Å². The quantitative estimate of drug-likeness (QED) is 0.639. The number of methoxy groups -OCH3 is 1. The Balaban J connectivity index is 1.30. The summed E-state index contributed by atoms with van der Waals surface area (Å²) in [6, 6.07) is 12.1. The standard InChI is InChI=1S/C25H30FN3O/c1-16-4-7-23-22(10-16)27-17(2)29(23)24-8-9-28(15-25(24)30-3)14-18-11-19-5-6-21(26)13-20(19)12-18/h4-7,10,13,18,24-25H,8-9,11-12,14-15H2,1-3H3/t18?,24-,25-/m1/s1. The van der Waals surface area contributed by atoms with Crippen LogP contribution in [0, 0.1) is 25.6 Å². The maximum Gasteiger partial charge on any atom is 0.123 e. The molecule has 0 saturated carbocycles. The Morgan fingerprint density at radius 1 is 1.10 bits per heavy atom. The van der Waals surface area contributed by atoms with Crippen molar-refractivity contribution in [3.05, 3.63) is 64.7 Å². The fourth-order valence-corrected chi connectivity index (χ4v) is 5.58. The summed E-state index contributed by atoms with van der Waals surface area (Å²) in [7, 11) is 1.83. The number of rotatable bonds is 4. The van der Waals surface area contributed by atoms with Gasteiger partial charge in [-0.25, -0.2) is 9.37 Å². The van der Waals surface area contributed by atoms with Gasteiger partial charge in [-0.1, -0.05) is 12.1 Å². The van der Waals surface area contributed by atoms with Gasteiger partial charge in [0.25, 0.3) is 0 Å². The van der Waals surface area contributed by atoms with E-state index < -0.39 is 0 Å². The first-order valence-electron chi connectivity index (χ1n) is 11.0. The van der Waals surface area contributed by atoms with Crippen molar-refractivity contribution in [2.75, 3.05) is 26.7 Å². The van der Waals surface area contributed by atoms with Crippen LogP contribution in [-0.4, -0.2) is 47.3 Å². The van der Waals surface area contributed by atoms with E-state index in [9.17, 15) is 4.39 Å². The minimum atomic E-state index is -0.118. The van der Waals surface area contributed by atoms with Gasteiger partial charge in [0, 0.05) is 26.7 Å². The number of hydrogen-bond donors (Lipinski definition) is 0. The van der Waals surface area contributed by atoms with Crippen molar-refractivity contribution >= 4 is 11.0 Å². The van der Waals surface area contributed by atoms with Gasteiger partial charge in [-0.15, -0.1) is 0 Å². The molecule has 1 aromatic heterocycles. The molecule has 30 heavy (non-hydrogen) atoms. The Morgan fingerprint density at radius 2 is 1.93 bits per heavy atom. The lowest BCUT2D eigenvalue weighted by Crippen LogP contribution is -2.47. The average molecular weight is 408 g/mol. The molecule has 2 aliphatic rings. The summed E-state index contributed by atoms with van der Waals surface area (Å²) in [6.07, 6.45) is 3.22. The Hall–Kier alpha value is -2.24. The summed E-state index contributed by atoms with van der Waals surface area (Å²) in [6.45, 7) is 7.24. The third-order valence-corrected chi connectivity index (χ3v) is 6.97. The van der Waals surface area contributed by atoms with E-state index in [-0.39, 0.29) is 11.9 Å². The van der Waals surface area contributed by atoms with Crippen LogP contribution in [0.15, 0.2) is 36.4 Å². The first kappa shape index (κ1) is 19.7. The average Bonchev–Trinajstić information content (AvgIpc) is 3.26. The number of likely N-dealkylation sites (tertiary alicyclic amines) is 1. The monoisotopic (exact) mass is 407 g/mol. The van der Waals surface area contributed by atoms with Crippen LogP contribution in [0.3, 0.4) is 0 Å². The molecule has 158 valence electrons. The molecule has 2 heterocycles. The summed E-state index contributed by atoms with van der Waals surface area (Å²) in [4.78, 5) is 7.35. The van der Waals surface area contributed by atoms with E-state index in [1.165, 1.54) is 22.2 Å². The molecule has 5 rings (SSSR count). The molecule has 1 fully saturated rings. The minimum Gasteiger partial charge on any atom is -0.378 e. The van der Waals surface area contributed by atoms with Crippen LogP contribution in [0.2, 0.25) is 0 Å². The second-order valence-electron chi connectivity index (χ2n) is 9.10. The molecule has 3 atom stereocenters. The van der Waals surface area contributed by atoms with Crippen LogP contribution in [0.1, 0.15) is 35.0 Å². The SMILES string of the molecule is CO[C@@H]1CN(CC2Cc3ccc(F)cc3C2)CC[C@H]1n1c(C)nc2cc(C)ccc21. The molecule has 4 nitrogen and oxygen atoms in total. The normalized spacial score (nSPS) is 24.5. The Labute approximate surface area is 177 Å². The lowest BCUT2D eigenvalue weighted by atomic mass is 9.98. The van der Waals surface area contributed by atoms with Crippen molar-refractivity contribution in [2.45, 2.75) is 45.3 Å². The number of imidazole rings is 1. The summed E-state index contributed by atoms with van der Waals surface area (Å²) in [5.41, 5.74) is 6.01. The van der Waals surface area contributed by atoms with Gasteiger partial charge in [-0.05, 0) is 80.0 Å². The van der Waals surface area contributed by atoms with Gasteiger partial charge in [0.15, 0.2) is 0 Å². The highest BCUT2D eigenvalue weighted by molar-refractivity contribution is 5.77. The van der Waals surface area contributed by atoms with Gasteiger partial charge in [0.2, 0.25) is 0 Å². The molecule has 1 aliphatic carbocycles. The number of ether oxygens (including phenoxy) is 1. The molecule has 0 bridgehead atoms. The zero-order valence-corrected chi connectivity index (χ0v) is 18.1. The van der Waals surface area contributed by atoms with Crippen LogP contribution >= 0.6 is 0 Å². The predicted octanol–water partition coefficient (Wildman–Crippen LogP) is 4.47. The fraction of sp³-hybridized carbons (Fsp3) is 0.480. The molecule has 0 amide bonds. The van der Waals surface area contributed by atoms with Crippen LogP contribution < -0.4 is 0 Å². The first-order chi connectivity index (χ1) is 14.5. The summed E-state index contributed by atoms with van der Waals surface area (Å²) >= 11 is 0. The van der Waals surface area contributed by atoms with Gasteiger partial charge < -0.3 is 14.2 Å². The van der Waals surface area contributed by atoms with Crippen molar-refractivity contribution in [2.24, 2.45) is 5.92 Å². The number of hydrogen-bond acceptors (Lipinski definition) is 3. The topological polar surface area (TPSA) is 30.3 Å². The zero-order chi connectivity index (χ0) is 20.8. The Kier molecular flexibility index (Phi) is 5.11. The van der Waals surface area contributed by atoms with Crippen molar-refractivity contribution < 1.29 is 9.13 Å². The van der Waals surface area contributed by atoms with E-state index in [4.69, 9.17) is 9.72 Å². The smallest absolute Gasteiger partial charge is 0.123 e. The number of benzene rings is 2. The summed E-state index contributed by atoms with van der Waals surface area (Å²) in [5, 5.41) is 0. The number of aromatic nitrogens is 2. The number of piperidine rings is 1. The molecule has 5 heteroatoms. The van der Waals surface area contributed by atoms with Crippen LogP contribution in [0.4, 0.5) is 4.39 Å². The molecule has 1 aliphatic heterocycles. The molecule has 0 N–H and O–H groups in total. The van der Waals surface area contributed by atoms with E-state index in [0.29, 0.717) is 12.0 Å². The first-order valence-corrected chi connectivity index (χ1v) is 11.0. The van der Waals surface area contributed by atoms with Crippen molar-refractivity contribution in [3.63, 3.8) is 0 Å². The predicted molar refractivity (Wildman–Crippen MR) is 117 cm³/mol. The van der Waals surface area contributed by atoms with Crippen molar-refractivity contribution in [3.8, 4) is 0 Å². The summed E-state index contributed by atoms with van der Waals surface area (Å²) < 4.78 is 21.9. The number of aryl methyl sites for hydroxylation is 2. The number of fused-ring (bicyclic) bond motifs is 2. The molecule has 1 saturated heterocycles. The second-order valence-corrected chi connectivity index (χ2v) is 9.10. The highest BCUT2D eigenvalue weighted by atomic mass is 19.1. The molecule has 2 aromatic carbocycles. The lowest BCUT2D eigenvalue weighted by Gasteiger charge is -2.40. The van der Waals surface area contributed by atoms with Crippen LogP contribution in [0.5, 0.6) is 0 Å². The fourth-order valence-electron chi connectivity index (χ4n) is 5.58. The minimum absolute atomic E-state index is 0.118. The second kappa shape index (κ2) is 7.78. The Morgan fingerprint density at radius 3 is 2.77 bits per heavy atom. The van der Waals surface area contributed by atoms with Crippen molar-refractivity contribution in [1.29, 1.82) is 0 Å². The van der Waals surface area contributed by atoms with Gasteiger partial charge in [0.1, 0.15) is 11.6 Å². The molecular weight excluding hydrogens is 377 g/mol. The third kappa shape index (κ3) is 3.54. The van der Waals surface area contributed by atoms with Crippen LogP contribution in [0.25, 0.3) is 11.0 Å². The highest BCUT2D eigenvalue weighted by Crippen LogP contribution is 2.33. The molecule has 0 spiro atoms. The van der Waals surface area contributed by atoms with E-state index in [1.807, 2.05) is 13.2 Å². The van der Waals surface area contributed by atoms with Gasteiger partial charge in [-0.3, -0.25) is 0 Å². The summed E-state index contributed by atoms with van der Waals surface area (Å²) in [5.74, 6) is 1.51. The van der Waals surface area contributed by atoms with E-state index in [1.54, 1.807) is 12.1 Å². The molecule has 0 radical (unpaired) electrons. The number of nitrogens with zero attached hydrogens (tertiary/aromatic N) is 3. The van der Waals surface area contributed by atoms with Gasteiger partial charge in [-0.2, -0.15) is 0 Å². The van der Waals surface area contributed by atoms with Crippen molar-refractivity contribution in [1.82, 2.24) is 14.5 Å².